The highest BCUT2D eigenvalue weighted by Gasteiger charge is 2.40. The van der Waals surface area contributed by atoms with Gasteiger partial charge in [-0.25, -0.2) is 0 Å². The average molecular weight is 277 g/mol. The molecule has 1 aliphatic carbocycles. The van der Waals surface area contributed by atoms with Crippen LogP contribution in [0.2, 0.25) is 0 Å². The number of amides is 1. The van der Waals surface area contributed by atoms with Gasteiger partial charge in [0.2, 0.25) is 0 Å². The third-order valence-corrected chi connectivity index (χ3v) is 3.99. The van der Waals surface area contributed by atoms with E-state index in [-0.39, 0.29) is 17.9 Å². The highest BCUT2D eigenvalue weighted by Crippen LogP contribution is 2.30. The van der Waals surface area contributed by atoms with Gasteiger partial charge < -0.3 is 15.2 Å². The fraction of sp³-hybridized carbons (Fsp3) is 0.467. The van der Waals surface area contributed by atoms with Crippen LogP contribution in [-0.2, 0) is 19.9 Å². The zero-order chi connectivity index (χ0) is 14.8. The summed E-state index contributed by atoms with van der Waals surface area (Å²) >= 11 is 0. The van der Waals surface area contributed by atoms with Crippen LogP contribution in [0.15, 0.2) is 30.3 Å². The van der Waals surface area contributed by atoms with Gasteiger partial charge in [-0.1, -0.05) is 30.3 Å². The number of ether oxygens (including phenoxy) is 1. The minimum atomic E-state index is -1.06. The largest absolute Gasteiger partial charge is 0.481 e. The minimum Gasteiger partial charge on any atom is -0.481 e. The topological polar surface area (TPSA) is 75.6 Å². The molecule has 1 unspecified atom stereocenters. The van der Waals surface area contributed by atoms with E-state index in [1.54, 1.807) is 6.92 Å². The lowest BCUT2D eigenvalue weighted by Crippen LogP contribution is -2.53. The van der Waals surface area contributed by atoms with Gasteiger partial charge in [0.15, 0.2) is 5.60 Å². The highest BCUT2D eigenvalue weighted by molar-refractivity contribution is 5.86. The monoisotopic (exact) mass is 277 g/mol. The standard InChI is InChI=1S/C15H19NO4/c1-15(20-2,11-6-4-3-5-7-11)14(19)16-12-8-10(9-12)13(17)18/h3-7,10,12H,8-9H2,1-2H3,(H,16,19)(H,17,18). The van der Waals surface area contributed by atoms with Crippen molar-refractivity contribution in [2.75, 3.05) is 7.11 Å². The molecular weight excluding hydrogens is 258 g/mol. The van der Waals surface area contributed by atoms with E-state index in [1.807, 2.05) is 30.3 Å². The van der Waals surface area contributed by atoms with E-state index >= 15 is 0 Å². The second-order valence-corrected chi connectivity index (χ2v) is 5.28. The molecule has 1 aromatic rings. The number of carboxylic acids is 1. The van der Waals surface area contributed by atoms with Crippen LogP contribution in [0.3, 0.4) is 0 Å². The molecule has 0 spiro atoms. The minimum absolute atomic E-state index is 0.0817. The van der Waals surface area contributed by atoms with Gasteiger partial charge >= 0.3 is 5.97 Å². The number of hydrogen-bond donors (Lipinski definition) is 2. The lowest BCUT2D eigenvalue weighted by molar-refractivity contribution is -0.150. The highest BCUT2D eigenvalue weighted by atomic mass is 16.5. The summed E-state index contributed by atoms with van der Waals surface area (Å²) in [6.45, 7) is 1.71. The maximum atomic E-state index is 12.4. The molecule has 20 heavy (non-hydrogen) atoms. The maximum Gasteiger partial charge on any atom is 0.306 e. The van der Waals surface area contributed by atoms with E-state index in [9.17, 15) is 9.59 Å². The van der Waals surface area contributed by atoms with Crippen molar-refractivity contribution >= 4 is 11.9 Å². The first-order chi connectivity index (χ1) is 9.47. The molecule has 0 aliphatic heterocycles. The van der Waals surface area contributed by atoms with E-state index in [1.165, 1.54) is 7.11 Å². The molecule has 1 aliphatic rings. The van der Waals surface area contributed by atoms with Gasteiger partial charge in [-0.15, -0.1) is 0 Å². The summed E-state index contributed by atoms with van der Waals surface area (Å²) in [6, 6.07) is 9.17. The maximum absolute atomic E-state index is 12.4. The Morgan fingerprint density at radius 2 is 1.90 bits per heavy atom. The number of benzene rings is 1. The summed E-state index contributed by atoms with van der Waals surface area (Å²) in [5, 5.41) is 11.7. The molecule has 1 atom stereocenters. The number of aliphatic carboxylic acids is 1. The quantitative estimate of drug-likeness (QED) is 0.855. The SMILES string of the molecule is COC(C)(C(=O)NC1CC(C(=O)O)C1)c1ccccc1. The van der Waals surface area contributed by atoms with Crippen molar-refractivity contribution in [3.8, 4) is 0 Å². The number of carboxylic acid groups (broad SMARTS) is 1. The molecule has 5 nitrogen and oxygen atoms in total. The Bertz CT molecular complexity index is 496. The van der Waals surface area contributed by atoms with Crippen LogP contribution in [0, 0.1) is 5.92 Å². The van der Waals surface area contributed by atoms with Crippen molar-refractivity contribution in [3.05, 3.63) is 35.9 Å². The zero-order valence-corrected chi connectivity index (χ0v) is 11.6. The molecule has 1 amide bonds. The summed E-state index contributed by atoms with van der Waals surface area (Å²) in [5.74, 6) is -1.38. The third kappa shape index (κ3) is 2.67. The zero-order valence-electron chi connectivity index (χ0n) is 11.6. The van der Waals surface area contributed by atoms with Gasteiger partial charge in [0.25, 0.3) is 5.91 Å². The van der Waals surface area contributed by atoms with Gasteiger partial charge in [-0.3, -0.25) is 9.59 Å². The van der Waals surface area contributed by atoms with Gasteiger partial charge in [0, 0.05) is 13.2 Å². The summed E-state index contributed by atoms with van der Waals surface area (Å²) in [5.41, 5.74) is -0.288. The summed E-state index contributed by atoms with van der Waals surface area (Å²) in [6.07, 6.45) is 0.964. The Morgan fingerprint density at radius 3 is 2.40 bits per heavy atom. The third-order valence-electron chi connectivity index (χ3n) is 3.99. The molecule has 108 valence electrons. The molecule has 5 heteroatoms. The number of carbonyl (C=O) groups excluding carboxylic acids is 1. The van der Waals surface area contributed by atoms with Gasteiger partial charge in [0.05, 0.1) is 5.92 Å². The smallest absolute Gasteiger partial charge is 0.306 e. The lowest BCUT2D eigenvalue weighted by Gasteiger charge is -2.36. The predicted octanol–water partition coefficient (Wildman–Crippen LogP) is 1.53. The fourth-order valence-electron chi connectivity index (χ4n) is 2.36. The lowest BCUT2D eigenvalue weighted by atomic mass is 9.80. The molecule has 0 aromatic heterocycles. The summed E-state index contributed by atoms with van der Waals surface area (Å²) in [4.78, 5) is 23.1. The van der Waals surface area contributed by atoms with E-state index in [2.05, 4.69) is 5.32 Å². The first-order valence-corrected chi connectivity index (χ1v) is 6.62. The molecule has 0 saturated heterocycles. The van der Waals surface area contributed by atoms with E-state index < -0.39 is 11.6 Å². The van der Waals surface area contributed by atoms with Gasteiger partial charge in [0.1, 0.15) is 0 Å². The van der Waals surface area contributed by atoms with E-state index in [0.29, 0.717) is 12.8 Å². The molecule has 1 saturated carbocycles. The molecular formula is C15H19NO4. The Kier molecular flexibility index (Phi) is 4.09. The molecule has 0 heterocycles. The van der Waals surface area contributed by atoms with E-state index in [0.717, 1.165) is 5.56 Å². The molecule has 0 bridgehead atoms. The number of nitrogens with one attached hydrogen (secondary N) is 1. The molecule has 0 radical (unpaired) electrons. The van der Waals surface area contributed by atoms with Crippen LogP contribution < -0.4 is 5.32 Å². The van der Waals surface area contributed by atoms with Crippen LogP contribution in [0.1, 0.15) is 25.3 Å². The van der Waals surface area contributed by atoms with Crippen molar-refractivity contribution in [3.63, 3.8) is 0 Å². The Labute approximate surface area is 117 Å². The second-order valence-electron chi connectivity index (χ2n) is 5.28. The van der Waals surface area contributed by atoms with Crippen molar-refractivity contribution < 1.29 is 19.4 Å². The average Bonchev–Trinajstić information content (AvgIpc) is 2.41. The fourth-order valence-corrected chi connectivity index (χ4v) is 2.36. The van der Waals surface area contributed by atoms with Gasteiger partial charge in [-0.2, -0.15) is 0 Å². The van der Waals surface area contributed by atoms with Crippen molar-refractivity contribution in [1.29, 1.82) is 0 Å². The normalized spacial score (nSPS) is 24.3. The van der Waals surface area contributed by atoms with Crippen LogP contribution >= 0.6 is 0 Å². The second kappa shape index (κ2) is 5.63. The first kappa shape index (κ1) is 14.5. The van der Waals surface area contributed by atoms with Crippen LogP contribution in [-0.4, -0.2) is 30.1 Å². The number of carbonyl (C=O) groups is 2. The van der Waals surface area contributed by atoms with E-state index in [4.69, 9.17) is 9.84 Å². The van der Waals surface area contributed by atoms with Gasteiger partial charge in [-0.05, 0) is 25.3 Å². The number of methoxy groups -OCH3 is 1. The molecule has 2 N–H and O–H groups in total. The van der Waals surface area contributed by atoms with Crippen LogP contribution in [0.5, 0.6) is 0 Å². The van der Waals surface area contributed by atoms with Crippen LogP contribution in [0.25, 0.3) is 0 Å². The summed E-state index contributed by atoms with van der Waals surface area (Å²) in [7, 11) is 1.49. The first-order valence-electron chi connectivity index (χ1n) is 6.62. The van der Waals surface area contributed by atoms with Crippen molar-refractivity contribution in [2.24, 2.45) is 5.92 Å². The Morgan fingerprint density at radius 1 is 1.30 bits per heavy atom. The van der Waals surface area contributed by atoms with Crippen LogP contribution in [0.4, 0.5) is 0 Å². The Hall–Kier alpha value is -1.88. The molecule has 1 aromatic carbocycles. The summed E-state index contributed by atoms with van der Waals surface area (Å²) < 4.78 is 5.40. The molecule has 2 rings (SSSR count). The predicted molar refractivity (Wildman–Crippen MR) is 73.1 cm³/mol. The number of rotatable bonds is 5. The van der Waals surface area contributed by atoms with Crippen molar-refractivity contribution in [2.45, 2.75) is 31.4 Å². The number of hydrogen-bond acceptors (Lipinski definition) is 3. The Balaban J connectivity index is 2.02. The van der Waals surface area contributed by atoms with Crippen molar-refractivity contribution in [1.82, 2.24) is 5.32 Å². The molecule has 1 fully saturated rings.